The van der Waals surface area contributed by atoms with Gasteiger partial charge in [-0.1, -0.05) is 48.4 Å². The second-order valence-corrected chi connectivity index (χ2v) is 20.8. The van der Waals surface area contributed by atoms with Crippen molar-refractivity contribution in [2.24, 2.45) is 17.8 Å². The molecule has 16 nitrogen and oxygen atoms in total. The highest BCUT2D eigenvalue weighted by atomic mass is 35.5. The van der Waals surface area contributed by atoms with Gasteiger partial charge in [-0.25, -0.2) is 4.79 Å². The topological polar surface area (TPSA) is 197 Å². The zero-order valence-corrected chi connectivity index (χ0v) is 41.3. The van der Waals surface area contributed by atoms with Gasteiger partial charge in [0, 0.05) is 52.4 Å². The van der Waals surface area contributed by atoms with Gasteiger partial charge in [-0.05, 0) is 109 Å². The second kappa shape index (κ2) is 21.5. The lowest BCUT2D eigenvalue weighted by Crippen LogP contribution is -2.63. The average molecular weight is 959 g/mol. The van der Waals surface area contributed by atoms with E-state index in [1.807, 2.05) is 43.9 Å². The van der Waals surface area contributed by atoms with E-state index in [1.54, 1.807) is 47.1 Å². The Kier molecular flexibility index (Phi) is 16.8. The molecule has 5 aliphatic rings. The number of rotatable bonds is 12. The number of carbonyl (C=O) groups excluding carboxylic acids is 6. The summed E-state index contributed by atoms with van der Waals surface area (Å²) in [6.45, 7) is 10.0. The van der Waals surface area contributed by atoms with Crippen molar-refractivity contribution in [1.82, 2.24) is 20.4 Å². The molecule has 4 heterocycles. The minimum absolute atomic E-state index is 0.0166. The fraction of sp³-hybridized carbons (Fsp3) is 0.667. The van der Waals surface area contributed by atoms with Gasteiger partial charge >= 0.3 is 12.1 Å². The number of alkyl carbamates (subject to hydrolysis) is 1. The van der Waals surface area contributed by atoms with E-state index in [-0.39, 0.29) is 54.7 Å². The Bertz CT molecular complexity index is 2080. The van der Waals surface area contributed by atoms with Gasteiger partial charge in [0.25, 0.3) is 0 Å². The molecule has 4 fully saturated rings. The molecule has 4 aliphatic heterocycles. The first-order valence-electron chi connectivity index (χ1n) is 23.1. The van der Waals surface area contributed by atoms with Gasteiger partial charge in [0.15, 0.2) is 5.72 Å². The summed E-state index contributed by atoms with van der Waals surface area (Å²) in [4.78, 5) is 84.3. The second-order valence-electron chi connectivity index (χ2n) is 19.1. The van der Waals surface area contributed by atoms with E-state index >= 15 is 0 Å². The highest BCUT2D eigenvalue weighted by Crippen LogP contribution is 2.49. The number of methoxy groups -OCH3 is 1. The lowest BCUT2D eigenvalue weighted by atomic mass is 9.81. The number of nitrogens with zero attached hydrogens (tertiary/aromatic N) is 3. The van der Waals surface area contributed by atoms with E-state index in [9.17, 15) is 33.9 Å². The van der Waals surface area contributed by atoms with Gasteiger partial charge < -0.3 is 34.3 Å². The average Bonchev–Trinajstić information content (AvgIpc) is 3.91. The quantitative estimate of drug-likeness (QED) is 0.109. The van der Waals surface area contributed by atoms with Gasteiger partial charge in [0.2, 0.25) is 23.6 Å². The molecular formula is C48H68ClN5O11S. The Balaban J connectivity index is 1.12. The summed E-state index contributed by atoms with van der Waals surface area (Å²) in [5, 5.41) is 17.0. The number of nitrogens with one attached hydrogen (secondary N) is 2. The minimum atomic E-state index is -1.82. The molecule has 1 saturated carbocycles. The Hall–Kier alpha value is -4.00. The summed E-state index contributed by atoms with van der Waals surface area (Å²) in [5.41, 5.74) is 0.186. The smallest absolute Gasteiger partial charge is 0.409 e. The Morgan fingerprint density at radius 2 is 1.83 bits per heavy atom. The van der Waals surface area contributed by atoms with Crippen molar-refractivity contribution < 1.29 is 52.8 Å². The molecule has 66 heavy (non-hydrogen) atoms. The normalized spacial score (nSPS) is 33.6. The van der Waals surface area contributed by atoms with Crippen LogP contribution in [0.15, 0.2) is 35.9 Å². The lowest BCUT2D eigenvalue weighted by molar-refractivity contribution is -0.159. The summed E-state index contributed by atoms with van der Waals surface area (Å²) in [5.74, 6) is -0.954. The van der Waals surface area contributed by atoms with Crippen molar-refractivity contribution in [2.75, 3.05) is 52.0 Å². The van der Waals surface area contributed by atoms with Gasteiger partial charge in [0.1, 0.15) is 30.0 Å². The van der Waals surface area contributed by atoms with Crippen LogP contribution in [-0.4, -0.2) is 145 Å². The van der Waals surface area contributed by atoms with Gasteiger partial charge in [-0.3, -0.25) is 39.1 Å². The van der Waals surface area contributed by atoms with Gasteiger partial charge in [-0.2, -0.15) is 0 Å². The Morgan fingerprint density at radius 1 is 1.12 bits per heavy atom. The van der Waals surface area contributed by atoms with Crippen LogP contribution in [0.25, 0.3) is 0 Å². The van der Waals surface area contributed by atoms with Gasteiger partial charge in [-0.15, -0.1) is 11.8 Å². The van der Waals surface area contributed by atoms with Crippen molar-refractivity contribution in [3.05, 3.63) is 52.1 Å². The zero-order valence-electron chi connectivity index (χ0n) is 39.7. The van der Waals surface area contributed by atoms with Crippen molar-refractivity contribution in [2.45, 2.75) is 139 Å². The van der Waals surface area contributed by atoms with E-state index in [0.717, 1.165) is 42.4 Å². The third-order valence-electron chi connectivity index (χ3n) is 14.3. The Labute approximate surface area is 397 Å². The molecule has 0 spiro atoms. The van der Waals surface area contributed by atoms with Crippen LogP contribution in [0.1, 0.15) is 90.2 Å². The number of aliphatic hydroxyl groups is 1. The van der Waals surface area contributed by atoms with Gasteiger partial charge in [0.05, 0.1) is 28.5 Å². The maximum absolute atomic E-state index is 14.3. The number of aryl methyl sites for hydroxylation is 1. The molecule has 1 unspecified atom stereocenters. The predicted molar refractivity (Wildman–Crippen MR) is 251 cm³/mol. The molecule has 0 radical (unpaired) electrons. The van der Waals surface area contributed by atoms with Crippen LogP contribution in [0, 0.1) is 24.7 Å². The number of imide groups is 1. The first-order chi connectivity index (χ1) is 31.2. The number of allylic oxidation sites excluding steroid dienone is 3. The Morgan fingerprint density at radius 3 is 2.52 bits per heavy atom. The minimum Gasteiger partial charge on any atom is -0.457 e. The summed E-state index contributed by atoms with van der Waals surface area (Å²) < 4.78 is 24.0. The molecule has 18 heteroatoms. The number of likely N-dealkylation sites (N-methyl/N-ethyl adjacent to an activating group) is 1. The van der Waals surface area contributed by atoms with Crippen LogP contribution >= 0.6 is 23.4 Å². The molecule has 1 aromatic rings. The lowest BCUT2D eigenvalue weighted by Gasteiger charge is -2.42. The maximum atomic E-state index is 14.3. The third-order valence-corrected chi connectivity index (χ3v) is 16.1. The number of carbonyl (C=O) groups is 6. The molecule has 3 saturated heterocycles. The van der Waals surface area contributed by atoms with Crippen molar-refractivity contribution in [1.29, 1.82) is 0 Å². The van der Waals surface area contributed by atoms with Crippen LogP contribution in [0.4, 0.5) is 10.5 Å². The molecule has 1 aliphatic carbocycles. The summed E-state index contributed by atoms with van der Waals surface area (Å²) in [6, 6.07) is 3.10. The SMILES string of the molecule is CNC(=O)C1CCC(CN2C(=O)CC(SCCCN(C)[C@@H](C)C(=O)O[C@H]3CC(=O)N(C)c4cc(cc(C)c4Cl)C/C(C)=C/C=C/[C@@H](OC)[C@@]4(O)C[C@H](OC(=O)N4)[C@@H](C)[C@@H]4O[C@@]34C)C2=O)CC1. The maximum Gasteiger partial charge on any atom is 0.409 e. The molecule has 1 aromatic carbocycles. The number of hydrogen-bond donors (Lipinski definition) is 3. The highest BCUT2D eigenvalue weighted by molar-refractivity contribution is 8.00. The standard InChI is InChI=1S/C48H68ClN5O11S/c1-27-12-10-13-37(62-9)48(61)25-35(63-46(60)51-48)29(3)42-47(5,65-42)38(24-39(55)53(8)34-22-32(20-27)21-28(2)41(34)49)64-45(59)30(4)52(7)18-11-19-66-36-23-40(56)54(44(36)58)26-31-14-16-33(17-15-31)43(57)50-6/h10,12-13,21-22,29-31,33,35-38,42,61H,11,14-20,23-26H2,1-9H3,(H,50,57)(H,51,60)/b13-10+,27-12+/t29-,30+,31?,33?,35+,36?,37-,38+,42+,47+,48+/m1/s1. The number of halogens is 1. The third kappa shape index (κ3) is 11.6. The molecule has 9 atom stereocenters. The molecule has 0 aromatic heterocycles. The van der Waals surface area contributed by atoms with E-state index < -0.39 is 65.0 Å². The zero-order chi connectivity index (χ0) is 48.2. The molecule has 3 N–H and O–H groups in total. The number of esters is 1. The highest BCUT2D eigenvalue weighted by Gasteiger charge is 2.64. The number of likely N-dealkylation sites (tertiary alicyclic amines) is 1. The monoisotopic (exact) mass is 957 g/mol. The molecule has 4 bridgehead atoms. The number of fused-ring (bicyclic) bond motifs is 5. The van der Waals surface area contributed by atoms with E-state index in [4.69, 9.17) is 30.5 Å². The van der Waals surface area contributed by atoms with Crippen LogP contribution < -0.4 is 15.5 Å². The van der Waals surface area contributed by atoms with E-state index in [0.29, 0.717) is 42.4 Å². The van der Waals surface area contributed by atoms with Crippen molar-refractivity contribution >= 4 is 64.7 Å². The first kappa shape index (κ1) is 51.4. The van der Waals surface area contributed by atoms with Crippen molar-refractivity contribution in [3.63, 3.8) is 0 Å². The number of ether oxygens (including phenoxy) is 4. The molecule has 364 valence electrons. The number of hydrogen-bond acceptors (Lipinski definition) is 13. The van der Waals surface area contributed by atoms with Crippen LogP contribution in [0.5, 0.6) is 0 Å². The summed E-state index contributed by atoms with van der Waals surface area (Å²) >= 11 is 8.28. The first-order valence-corrected chi connectivity index (χ1v) is 24.5. The number of amides is 5. The number of benzene rings is 1. The number of anilines is 1. The largest absolute Gasteiger partial charge is 0.457 e. The summed E-state index contributed by atoms with van der Waals surface area (Å²) in [7, 11) is 6.53. The molecular weight excluding hydrogens is 890 g/mol. The van der Waals surface area contributed by atoms with Crippen LogP contribution in [0.3, 0.4) is 0 Å². The number of epoxide rings is 1. The van der Waals surface area contributed by atoms with E-state index in [2.05, 4.69) is 10.6 Å². The fourth-order valence-corrected chi connectivity index (χ4v) is 11.2. The molecule has 5 amide bonds. The number of thioether (sulfide) groups is 1. The van der Waals surface area contributed by atoms with Crippen molar-refractivity contribution in [3.8, 4) is 0 Å². The summed E-state index contributed by atoms with van der Waals surface area (Å²) in [6.07, 6.45) is 5.19. The fourth-order valence-electron chi connectivity index (χ4n) is 9.84. The predicted octanol–water partition coefficient (Wildman–Crippen LogP) is 5.09. The van der Waals surface area contributed by atoms with E-state index in [1.165, 1.54) is 28.7 Å². The van der Waals surface area contributed by atoms with Crippen LogP contribution in [0.2, 0.25) is 5.02 Å². The van der Waals surface area contributed by atoms with Crippen LogP contribution in [-0.2, 0) is 49.3 Å². The molecule has 6 rings (SSSR count).